The highest BCUT2D eigenvalue weighted by Gasteiger charge is 2.59. The Kier molecular flexibility index (Phi) is 8.51. The largest absolute Gasteiger partial charge is 0.436 e. The van der Waals surface area contributed by atoms with Crippen molar-refractivity contribution in [2.75, 3.05) is 13.2 Å². The molecule has 39 heavy (non-hydrogen) atoms. The van der Waals surface area contributed by atoms with Crippen LogP contribution in [0, 0.1) is 40.4 Å². The Balaban J connectivity index is 1.06. The Hall–Kier alpha value is -0.910. The zero-order valence-corrected chi connectivity index (χ0v) is 25.0. The summed E-state index contributed by atoms with van der Waals surface area (Å²) in [7, 11) is 0. The number of allylic oxidation sites excluding steroid dienone is 1. The Morgan fingerprint density at radius 1 is 0.949 bits per heavy atom. The molecule has 5 heteroatoms. The van der Waals surface area contributed by atoms with E-state index < -0.39 is 0 Å². The van der Waals surface area contributed by atoms with Gasteiger partial charge in [-0.15, -0.1) is 0 Å². The third-order valence-electron chi connectivity index (χ3n) is 12.5. The van der Waals surface area contributed by atoms with Crippen LogP contribution in [0.3, 0.4) is 0 Å². The Morgan fingerprint density at radius 2 is 1.72 bits per heavy atom. The van der Waals surface area contributed by atoms with Crippen LogP contribution in [0.25, 0.3) is 0 Å². The molecule has 5 unspecified atom stereocenters. The smallest absolute Gasteiger partial charge is 0.308 e. The van der Waals surface area contributed by atoms with Gasteiger partial charge in [0.2, 0.25) is 6.29 Å². The Morgan fingerprint density at radius 3 is 2.46 bits per heavy atom. The number of hydrogen-bond donors (Lipinski definition) is 0. The van der Waals surface area contributed by atoms with Crippen LogP contribution in [0.15, 0.2) is 11.6 Å². The number of carbonyl (C=O) groups is 1. The van der Waals surface area contributed by atoms with Crippen molar-refractivity contribution in [3.8, 4) is 0 Å². The average Bonchev–Trinajstić information content (AvgIpc) is 3.30. The second kappa shape index (κ2) is 11.8. The van der Waals surface area contributed by atoms with E-state index in [0.717, 1.165) is 75.4 Å². The van der Waals surface area contributed by atoms with Crippen molar-refractivity contribution in [2.45, 2.75) is 142 Å². The van der Waals surface area contributed by atoms with Crippen LogP contribution in [-0.4, -0.2) is 37.9 Å². The van der Waals surface area contributed by atoms with E-state index >= 15 is 0 Å². The Labute approximate surface area is 237 Å². The molecular formula is C34H54O5. The third kappa shape index (κ3) is 5.63. The molecule has 2 heterocycles. The van der Waals surface area contributed by atoms with Gasteiger partial charge >= 0.3 is 5.97 Å². The molecule has 3 saturated carbocycles. The lowest BCUT2D eigenvalue weighted by atomic mass is 9.47. The lowest BCUT2D eigenvalue weighted by molar-refractivity contribution is -0.195. The van der Waals surface area contributed by atoms with Crippen molar-refractivity contribution in [3.63, 3.8) is 0 Å². The summed E-state index contributed by atoms with van der Waals surface area (Å²) >= 11 is 0. The summed E-state index contributed by atoms with van der Waals surface area (Å²) in [5.74, 6) is 3.69. The van der Waals surface area contributed by atoms with E-state index in [9.17, 15) is 4.79 Å². The first-order chi connectivity index (χ1) is 18.9. The van der Waals surface area contributed by atoms with Crippen molar-refractivity contribution in [2.24, 2.45) is 40.4 Å². The molecule has 220 valence electrons. The van der Waals surface area contributed by atoms with Gasteiger partial charge in [0.05, 0.1) is 12.7 Å². The first kappa shape index (κ1) is 28.2. The van der Waals surface area contributed by atoms with Crippen LogP contribution in [0.4, 0.5) is 0 Å². The molecule has 0 amide bonds. The quantitative estimate of drug-likeness (QED) is 0.241. The van der Waals surface area contributed by atoms with Gasteiger partial charge in [0.15, 0.2) is 6.29 Å². The number of hydrogen-bond acceptors (Lipinski definition) is 5. The van der Waals surface area contributed by atoms with E-state index in [-0.39, 0.29) is 18.5 Å². The molecular weight excluding hydrogens is 488 g/mol. The summed E-state index contributed by atoms with van der Waals surface area (Å²) < 4.78 is 23.6. The number of fused-ring (bicyclic) bond motifs is 5. The highest BCUT2D eigenvalue weighted by atomic mass is 16.7. The number of ether oxygens (including phenoxy) is 4. The van der Waals surface area contributed by atoms with Crippen molar-refractivity contribution in [3.05, 3.63) is 11.6 Å². The molecule has 4 aliphatic carbocycles. The molecule has 0 N–H and O–H groups in total. The molecule has 0 aromatic rings. The van der Waals surface area contributed by atoms with Crippen LogP contribution < -0.4 is 0 Å². The maximum atomic E-state index is 12.6. The van der Waals surface area contributed by atoms with Gasteiger partial charge in [-0.2, -0.15) is 0 Å². The SMILES string of the molecule is C[C@@H](CCC(=O)OC1CCCCO1)[C@H]1CCC2C3CC=C4C[C@@H](OC5CCCCO5)CC[C@]4(C)C3CC[C@@]21C. The lowest BCUT2D eigenvalue weighted by Crippen LogP contribution is -2.51. The molecule has 2 saturated heterocycles. The van der Waals surface area contributed by atoms with Crippen molar-refractivity contribution in [1.82, 2.24) is 0 Å². The summed E-state index contributed by atoms with van der Waals surface area (Å²) in [6.07, 6.45) is 20.9. The van der Waals surface area contributed by atoms with Crippen LogP contribution in [-0.2, 0) is 23.7 Å². The monoisotopic (exact) mass is 542 g/mol. The molecule has 6 aliphatic rings. The minimum absolute atomic E-state index is 0.0281. The molecule has 0 spiro atoms. The maximum absolute atomic E-state index is 12.6. The minimum Gasteiger partial charge on any atom is -0.436 e. The molecule has 5 nitrogen and oxygen atoms in total. The topological polar surface area (TPSA) is 54.0 Å². The maximum Gasteiger partial charge on any atom is 0.308 e. The van der Waals surface area contributed by atoms with E-state index in [1.54, 1.807) is 5.57 Å². The average molecular weight is 543 g/mol. The van der Waals surface area contributed by atoms with Crippen LogP contribution in [0.1, 0.15) is 124 Å². The predicted octanol–water partition coefficient (Wildman–Crippen LogP) is 7.96. The molecule has 6 rings (SSSR count). The number of carbonyl (C=O) groups excluding carboxylic acids is 1. The van der Waals surface area contributed by atoms with E-state index in [1.807, 2.05) is 0 Å². The normalized spacial score (nSPS) is 44.9. The standard InChI is InChI=1S/C34H54O5/c1-23(10-15-30(35)39-32-9-5-7-21-37-32)27-13-14-28-26-12-11-24-22-25(38-31-8-4-6-20-36-31)16-18-33(24,2)29(26)17-19-34(27,28)3/h11,23,25-29,31-32H,4-10,12-22H2,1-3H3/t23-,25-,26?,27+,28?,29?,31?,32?,33-,34+/m0/s1. The molecule has 0 aromatic carbocycles. The fourth-order valence-electron chi connectivity index (χ4n) is 10.3. The first-order valence-electron chi connectivity index (χ1n) is 16.6. The van der Waals surface area contributed by atoms with Gasteiger partial charge in [-0.3, -0.25) is 4.79 Å². The van der Waals surface area contributed by atoms with E-state index in [1.165, 1.54) is 57.8 Å². The van der Waals surface area contributed by atoms with E-state index in [2.05, 4.69) is 26.8 Å². The second-order valence-corrected chi connectivity index (χ2v) is 14.6. The summed E-state index contributed by atoms with van der Waals surface area (Å²) in [6, 6.07) is 0. The highest BCUT2D eigenvalue weighted by molar-refractivity contribution is 5.69. The molecule has 2 aliphatic heterocycles. The van der Waals surface area contributed by atoms with Crippen molar-refractivity contribution >= 4 is 5.97 Å². The summed E-state index contributed by atoms with van der Waals surface area (Å²) in [6.45, 7) is 9.21. The zero-order chi connectivity index (χ0) is 27.0. The van der Waals surface area contributed by atoms with Gasteiger partial charge < -0.3 is 18.9 Å². The summed E-state index contributed by atoms with van der Waals surface area (Å²) in [4.78, 5) is 12.6. The molecule has 5 fully saturated rings. The zero-order valence-electron chi connectivity index (χ0n) is 25.0. The van der Waals surface area contributed by atoms with Gasteiger partial charge in [0, 0.05) is 19.4 Å². The number of esters is 1. The molecule has 10 atom stereocenters. The number of rotatable bonds is 7. The van der Waals surface area contributed by atoms with Gasteiger partial charge in [-0.05, 0) is 130 Å². The van der Waals surface area contributed by atoms with Crippen LogP contribution in [0.5, 0.6) is 0 Å². The Bertz CT molecular complexity index is 888. The van der Waals surface area contributed by atoms with Gasteiger partial charge in [0.25, 0.3) is 0 Å². The molecule has 0 bridgehead atoms. The summed E-state index contributed by atoms with van der Waals surface area (Å²) in [5, 5.41) is 0. The van der Waals surface area contributed by atoms with Crippen molar-refractivity contribution in [1.29, 1.82) is 0 Å². The first-order valence-corrected chi connectivity index (χ1v) is 16.6. The molecule has 0 aromatic heterocycles. The van der Waals surface area contributed by atoms with E-state index in [0.29, 0.717) is 29.3 Å². The van der Waals surface area contributed by atoms with E-state index in [4.69, 9.17) is 18.9 Å². The van der Waals surface area contributed by atoms with Gasteiger partial charge in [-0.1, -0.05) is 32.4 Å². The van der Waals surface area contributed by atoms with Gasteiger partial charge in [0.1, 0.15) is 0 Å². The highest BCUT2D eigenvalue weighted by Crippen LogP contribution is 2.67. The fraction of sp³-hybridized carbons (Fsp3) is 0.912. The predicted molar refractivity (Wildman–Crippen MR) is 152 cm³/mol. The molecule has 0 radical (unpaired) electrons. The minimum atomic E-state index is -0.307. The lowest BCUT2D eigenvalue weighted by Gasteiger charge is -2.58. The van der Waals surface area contributed by atoms with Crippen molar-refractivity contribution < 1.29 is 23.7 Å². The van der Waals surface area contributed by atoms with Crippen LogP contribution >= 0.6 is 0 Å². The third-order valence-corrected chi connectivity index (χ3v) is 12.5. The second-order valence-electron chi connectivity index (χ2n) is 14.6. The summed E-state index contributed by atoms with van der Waals surface area (Å²) in [5.41, 5.74) is 2.46. The van der Waals surface area contributed by atoms with Crippen LogP contribution in [0.2, 0.25) is 0 Å². The van der Waals surface area contributed by atoms with Gasteiger partial charge in [-0.25, -0.2) is 0 Å². The fourth-order valence-corrected chi connectivity index (χ4v) is 10.3.